The highest BCUT2D eigenvalue weighted by atomic mass is 16.5. The molecule has 3 rings (SSSR count). The van der Waals surface area contributed by atoms with Gasteiger partial charge in [0, 0.05) is 18.2 Å². The number of rotatable bonds is 5. The average molecular weight is 329 g/mol. The number of nitrogens with one attached hydrogen (secondary N) is 1. The number of amides is 1. The lowest BCUT2D eigenvalue weighted by molar-refractivity contribution is -0.123. The molecular weight excluding hydrogens is 306 g/mol. The highest BCUT2D eigenvalue weighted by molar-refractivity contribution is 5.92. The van der Waals surface area contributed by atoms with Crippen LogP contribution in [0.25, 0.3) is 11.5 Å². The summed E-state index contributed by atoms with van der Waals surface area (Å²) >= 11 is 0. The molecule has 1 aromatic carbocycles. The highest BCUT2D eigenvalue weighted by Gasteiger charge is 2.20. The Bertz CT molecular complexity index is 698. The maximum atomic E-state index is 12.1. The standard InChI is InChI=1S/C18H23N3O3/c1-12-5-3-8-16(9-12)23-11-17(22)19-15-7-4-6-14(10-15)18-21-20-13(2)24-18/h4,6-7,10,12,16H,3,5,8-9,11H2,1-2H3,(H,19,22). The fourth-order valence-corrected chi connectivity index (χ4v) is 3.06. The van der Waals surface area contributed by atoms with Crippen LogP contribution in [0.3, 0.4) is 0 Å². The van der Waals surface area contributed by atoms with Crippen LogP contribution in [-0.2, 0) is 9.53 Å². The summed E-state index contributed by atoms with van der Waals surface area (Å²) in [5, 5.41) is 10.7. The molecule has 1 N–H and O–H groups in total. The Hall–Kier alpha value is -2.21. The van der Waals surface area contributed by atoms with E-state index in [1.807, 2.05) is 24.3 Å². The van der Waals surface area contributed by atoms with Gasteiger partial charge in [0.05, 0.1) is 6.10 Å². The third-order valence-electron chi connectivity index (χ3n) is 4.26. The molecular formula is C18H23N3O3. The summed E-state index contributed by atoms with van der Waals surface area (Å²) in [5.74, 6) is 1.49. The van der Waals surface area contributed by atoms with Crippen molar-refractivity contribution in [2.24, 2.45) is 5.92 Å². The predicted octanol–water partition coefficient (Wildman–Crippen LogP) is 3.58. The average Bonchev–Trinajstić information content (AvgIpc) is 3.00. The van der Waals surface area contributed by atoms with Gasteiger partial charge in [0.15, 0.2) is 0 Å². The lowest BCUT2D eigenvalue weighted by Crippen LogP contribution is -2.26. The van der Waals surface area contributed by atoms with Gasteiger partial charge in [-0.1, -0.05) is 25.8 Å². The van der Waals surface area contributed by atoms with Crippen LogP contribution < -0.4 is 5.32 Å². The number of benzene rings is 1. The molecule has 2 atom stereocenters. The Morgan fingerprint density at radius 3 is 3.00 bits per heavy atom. The van der Waals surface area contributed by atoms with E-state index >= 15 is 0 Å². The molecule has 1 heterocycles. The Balaban J connectivity index is 1.54. The SMILES string of the molecule is Cc1nnc(-c2cccc(NC(=O)COC3CCCC(C)C3)c2)o1. The largest absolute Gasteiger partial charge is 0.421 e. The van der Waals surface area contributed by atoms with Gasteiger partial charge >= 0.3 is 0 Å². The number of anilines is 1. The molecule has 128 valence electrons. The van der Waals surface area contributed by atoms with E-state index in [4.69, 9.17) is 9.15 Å². The first-order valence-corrected chi connectivity index (χ1v) is 8.42. The smallest absolute Gasteiger partial charge is 0.250 e. The third-order valence-corrected chi connectivity index (χ3v) is 4.26. The van der Waals surface area contributed by atoms with E-state index in [1.54, 1.807) is 6.92 Å². The zero-order chi connectivity index (χ0) is 16.9. The van der Waals surface area contributed by atoms with Gasteiger partial charge in [-0.05, 0) is 37.0 Å². The number of aromatic nitrogens is 2. The van der Waals surface area contributed by atoms with E-state index in [2.05, 4.69) is 22.4 Å². The Kier molecular flexibility index (Phi) is 5.25. The van der Waals surface area contributed by atoms with Crippen molar-refractivity contribution in [1.29, 1.82) is 0 Å². The third kappa shape index (κ3) is 4.41. The van der Waals surface area contributed by atoms with Crippen molar-refractivity contribution in [3.8, 4) is 11.5 Å². The van der Waals surface area contributed by atoms with Crippen LogP contribution in [0.1, 0.15) is 38.5 Å². The molecule has 0 radical (unpaired) electrons. The van der Waals surface area contributed by atoms with Gasteiger partial charge in [-0.3, -0.25) is 4.79 Å². The van der Waals surface area contributed by atoms with E-state index in [1.165, 1.54) is 12.8 Å². The Labute approximate surface area is 141 Å². The number of carbonyl (C=O) groups is 1. The first-order chi connectivity index (χ1) is 11.6. The molecule has 0 aliphatic heterocycles. The van der Waals surface area contributed by atoms with Gasteiger partial charge < -0.3 is 14.5 Å². The summed E-state index contributed by atoms with van der Waals surface area (Å²) in [7, 11) is 0. The molecule has 24 heavy (non-hydrogen) atoms. The zero-order valence-corrected chi connectivity index (χ0v) is 14.1. The fourth-order valence-electron chi connectivity index (χ4n) is 3.06. The van der Waals surface area contributed by atoms with E-state index in [-0.39, 0.29) is 18.6 Å². The van der Waals surface area contributed by atoms with Crippen molar-refractivity contribution in [3.05, 3.63) is 30.2 Å². The van der Waals surface area contributed by atoms with Gasteiger partial charge in [0.2, 0.25) is 17.7 Å². The lowest BCUT2D eigenvalue weighted by Gasteiger charge is -2.26. The summed E-state index contributed by atoms with van der Waals surface area (Å²) < 4.78 is 11.2. The first-order valence-electron chi connectivity index (χ1n) is 8.42. The molecule has 0 spiro atoms. The highest BCUT2D eigenvalue weighted by Crippen LogP contribution is 2.26. The lowest BCUT2D eigenvalue weighted by atomic mass is 9.89. The fraction of sp³-hybridized carbons (Fsp3) is 0.500. The van der Waals surface area contributed by atoms with Crippen molar-refractivity contribution in [1.82, 2.24) is 10.2 Å². The minimum absolute atomic E-state index is 0.0846. The second-order valence-electron chi connectivity index (χ2n) is 6.46. The molecule has 1 amide bonds. The van der Waals surface area contributed by atoms with E-state index in [0.29, 0.717) is 23.4 Å². The van der Waals surface area contributed by atoms with Gasteiger partial charge in [-0.15, -0.1) is 10.2 Å². The van der Waals surface area contributed by atoms with Gasteiger partial charge in [-0.2, -0.15) is 0 Å². The van der Waals surface area contributed by atoms with Crippen molar-refractivity contribution in [2.75, 3.05) is 11.9 Å². The molecule has 1 fully saturated rings. The second kappa shape index (κ2) is 7.57. The molecule has 1 aliphatic carbocycles. The summed E-state index contributed by atoms with van der Waals surface area (Å²) in [6.07, 6.45) is 4.72. The quantitative estimate of drug-likeness (QED) is 0.907. The van der Waals surface area contributed by atoms with Crippen LogP contribution >= 0.6 is 0 Å². The summed E-state index contributed by atoms with van der Waals surface area (Å²) in [6, 6.07) is 7.34. The van der Waals surface area contributed by atoms with Crippen molar-refractivity contribution >= 4 is 11.6 Å². The van der Waals surface area contributed by atoms with E-state index < -0.39 is 0 Å². The van der Waals surface area contributed by atoms with Crippen LogP contribution in [0.15, 0.2) is 28.7 Å². The van der Waals surface area contributed by atoms with Crippen LogP contribution in [0.4, 0.5) is 5.69 Å². The maximum Gasteiger partial charge on any atom is 0.250 e. The normalized spacial score (nSPS) is 20.8. The number of aryl methyl sites for hydroxylation is 1. The second-order valence-corrected chi connectivity index (χ2v) is 6.46. The molecule has 6 heteroatoms. The topological polar surface area (TPSA) is 77.2 Å². The Morgan fingerprint density at radius 1 is 1.38 bits per heavy atom. The molecule has 0 saturated heterocycles. The van der Waals surface area contributed by atoms with Gasteiger partial charge in [0.25, 0.3) is 0 Å². The molecule has 2 unspecified atom stereocenters. The summed E-state index contributed by atoms with van der Waals surface area (Å²) in [6.45, 7) is 4.06. The summed E-state index contributed by atoms with van der Waals surface area (Å²) in [5.41, 5.74) is 1.46. The molecule has 0 bridgehead atoms. The molecule has 2 aromatic rings. The summed E-state index contributed by atoms with van der Waals surface area (Å²) in [4.78, 5) is 12.1. The van der Waals surface area contributed by atoms with Crippen molar-refractivity contribution in [2.45, 2.75) is 45.6 Å². The molecule has 1 saturated carbocycles. The molecule has 1 aromatic heterocycles. The number of carbonyl (C=O) groups excluding carboxylic acids is 1. The number of ether oxygens (including phenoxy) is 1. The predicted molar refractivity (Wildman–Crippen MR) is 90.5 cm³/mol. The minimum atomic E-state index is -0.146. The number of hydrogen-bond donors (Lipinski definition) is 1. The van der Waals surface area contributed by atoms with Gasteiger partial charge in [-0.25, -0.2) is 0 Å². The molecule has 1 aliphatic rings. The van der Waals surface area contributed by atoms with Crippen LogP contribution in [0.5, 0.6) is 0 Å². The first kappa shape index (κ1) is 16.6. The molecule has 6 nitrogen and oxygen atoms in total. The van der Waals surface area contributed by atoms with Crippen molar-refractivity contribution in [3.63, 3.8) is 0 Å². The number of nitrogens with zero attached hydrogens (tertiary/aromatic N) is 2. The van der Waals surface area contributed by atoms with Crippen LogP contribution in [0.2, 0.25) is 0 Å². The van der Waals surface area contributed by atoms with E-state index in [0.717, 1.165) is 18.4 Å². The minimum Gasteiger partial charge on any atom is -0.421 e. The maximum absolute atomic E-state index is 12.1. The monoisotopic (exact) mass is 329 g/mol. The Morgan fingerprint density at radius 2 is 2.25 bits per heavy atom. The van der Waals surface area contributed by atoms with Crippen LogP contribution in [0, 0.1) is 12.8 Å². The number of hydrogen-bond acceptors (Lipinski definition) is 5. The van der Waals surface area contributed by atoms with Crippen LogP contribution in [-0.4, -0.2) is 28.8 Å². The van der Waals surface area contributed by atoms with E-state index in [9.17, 15) is 4.79 Å². The van der Waals surface area contributed by atoms with Gasteiger partial charge in [0.1, 0.15) is 6.61 Å². The van der Waals surface area contributed by atoms with Crippen molar-refractivity contribution < 1.29 is 13.9 Å². The zero-order valence-electron chi connectivity index (χ0n) is 14.1.